The Morgan fingerprint density at radius 1 is 1.05 bits per heavy atom. The highest BCUT2D eigenvalue weighted by molar-refractivity contribution is 7.98. The fourth-order valence-electron chi connectivity index (χ4n) is 2.56. The van der Waals surface area contributed by atoms with Crippen LogP contribution in [0, 0.1) is 0 Å². The number of hydrogen-bond acceptors (Lipinski definition) is 4. The molecule has 0 saturated carbocycles. The van der Waals surface area contributed by atoms with Crippen LogP contribution < -0.4 is 5.56 Å². The zero-order chi connectivity index (χ0) is 15.1. The SMILES string of the molecule is CSc1nc2c(sc3ccccc32)c(=O)n1-c1ccccc1. The highest BCUT2D eigenvalue weighted by atomic mass is 32.2. The summed E-state index contributed by atoms with van der Waals surface area (Å²) in [5.74, 6) is 0. The molecule has 0 aliphatic rings. The van der Waals surface area contributed by atoms with Crippen LogP contribution in [0.15, 0.2) is 64.5 Å². The lowest BCUT2D eigenvalue weighted by Gasteiger charge is -2.10. The minimum atomic E-state index is 0.00162. The number of hydrogen-bond donors (Lipinski definition) is 0. The summed E-state index contributed by atoms with van der Waals surface area (Å²) in [7, 11) is 0. The number of thioether (sulfide) groups is 1. The normalized spacial score (nSPS) is 11.3. The molecule has 0 bridgehead atoms. The highest BCUT2D eigenvalue weighted by Crippen LogP contribution is 2.32. The Hall–Kier alpha value is -2.11. The maximum Gasteiger partial charge on any atom is 0.276 e. The number of benzene rings is 2. The van der Waals surface area contributed by atoms with Gasteiger partial charge in [0.15, 0.2) is 5.16 Å². The van der Waals surface area contributed by atoms with Crippen molar-refractivity contribution in [1.29, 1.82) is 0 Å². The Bertz CT molecular complexity index is 1040. The van der Waals surface area contributed by atoms with E-state index in [1.54, 1.807) is 4.57 Å². The summed E-state index contributed by atoms with van der Waals surface area (Å²) < 4.78 is 3.50. The second kappa shape index (κ2) is 5.26. The maximum absolute atomic E-state index is 13.0. The summed E-state index contributed by atoms with van der Waals surface area (Å²) in [6.45, 7) is 0. The molecule has 2 aromatic carbocycles. The van der Waals surface area contributed by atoms with Gasteiger partial charge >= 0.3 is 0 Å². The topological polar surface area (TPSA) is 34.9 Å². The van der Waals surface area contributed by atoms with Crippen molar-refractivity contribution in [2.75, 3.05) is 6.26 Å². The predicted octanol–water partition coefficient (Wildman–Crippen LogP) is 4.32. The molecule has 22 heavy (non-hydrogen) atoms. The number of nitrogens with zero attached hydrogens (tertiary/aromatic N) is 2. The van der Waals surface area contributed by atoms with E-state index in [1.807, 2.05) is 60.9 Å². The molecule has 0 saturated heterocycles. The largest absolute Gasteiger partial charge is 0.276 e. The second-order valence-corrected chi connectivity index (χ2v) is 6.68. The third kappa shape index (κ3) is 1.97. The zero-order valence-corrected chi connectivity index (χ0v) is 13.4. The van der Waals surface area contributed by atoms with Crippen LogP contribution in [0.5, 0.6) is 0 Å². The van der Waals surface area contributed by atoms with E-state index in [2.05, 4.69) is 0 Å². The molecule has 0 aliphatic carbocycles. The molecule has 5 heteroatoms. The molecule has 0 amide bonds. The number of para-hydroxylation sites is 1. The highest BCUT2D eigenvalue weighted by Gasteiger charge is 2.16. The molecule has 0 N–H and O–H groups in total. The average molecular weight is 324 g/mol. The van der Waals surface area contributed by atoms with E-state index < -0.39 is 0 Å². The van der Waals surface area contributed by atoms with Gasteiger partial charge in [0.25, 0.3) is 5.56 Å². The van der Waals surface area contributed by atoms with Crippen LogP contribution in [0.25, 0.3) is 26.0 Å². The molecular formula is C17H12N2OS2. The van der Waals surface area contributed by atoms with Gasteiger partial charge in [0, 0.05) is 10.1 Å². The van der Waals surface area contributed by atoms with Crippen LogP contribution in [0.1, 0.15) is 0 Å². The number of rotatable bonds is 2. The lowest BCUT2D eigenvalue weighted by atomic mass is 10.2. The Morgan fingerprint density at radius 2 is 1.77 bits per heavy atom. The molecule has 0 aliphatic heterocycles. The summed E-state index contributed by atoms with van der Waals surface area (Å²) in [6, 6.07) is 17.7. The first-order chi connectivity index (χ1) is 10.8. The number of aromatic nitrogens is 2. The second-order valence-electron chi connectivity index (χ2n) is 4.85. The summed E-state index contributed by atoms with van der Waals surface area (Å²) in [5, 5.41) is 1.77. The van der Waals surface area contributed by atoms with Crippen LogP contribution in [-0.2, 0) is 0 Å². The first kappa shape index (κ1) is 13.5. The van der Waals surface area contributed by atoms with Crippen molar-refractivity contribution in [3.05, 3.63) is 65.0 Å². The fraction of sp³-hybridized carbons (Fsp3) is 0.0588. The zero-order valence-electron chi connectivity index (χ0n) is 11.8. The number of fused-ring (bicyclic) bond motifs is 3. The summed E-state index contributed by atoms with van der Waals surface area (Å²) in [4.78, 5) is 17.8. The van der Waals surface area contributed by atoms with Gasteiger partial charge in [0.05, 0.1) is 11.2 Å². The van der Waals surface area contributed by atoms with Gasteiger partial charge in [-0.25, -0.2) is 4.98 Å². The summed E-state index contributed by atoms with van der Waals surface area (Å²) in [6.07, 6.45) is 1.95. The Morgan fingerprint density at radius 3 is 2.55 bits per heavy atom. The molecule has 4 aromatic rings. The van der Waals surface area contributed by atoms with Crippen molar-refractivity contribution in [3.8, 4) is 5.69 Å². The van der Waals surface area contributed by atoms with Gasteiger partial charge in [-0.05, 0) is 24.5 Å². The van der Waals surface area contributed by atoms with Crippen molar-refractivity contribution in [3.63, 3.8) is 0 Å². The average Bonchev–Trinajstić information content (AvgIpc) is 2.94. The van der Waals surface area contributed by atoms with E-state index in [4.69, 9.17) is 4.98 Å². The van der Waals surface area contributed by atoms with E-state index in [9.17, 15) is 4.79 Å². The lowest BCUT2D eigenvalue weighted by Crippen LogP contribution is -2.20. The van der Waals surface area contributed by atoms with Crippen molar-refractivity contribution in [1.82, 2.24) is 9.55 Å². The van der Waals surface area contributed by atoms with Crippen molar-refractivity contribution in [2.45, 2.75) is 5.16 Å². The first-order valence-corrected chi connectivity index (χ1v) is 8.87. The Labute approximate surface area is 135 Å². The minimum absolute atomic E-state index is 0.00162. The molecule has 0 spiro atoms. The molecule has 0 radical (unpaired) electrons. The molecule has 108 valence electrons. The minimum Gasteiger partial charge on any atom is -0.267 e. The van der Waals surface area contributed by atoms with Gasteiger partial charge in [0.1, 0.15) is 4.70 Å². The van der Waals surface area contributed by atoms with Gasteiger partial charge in [-0.15, -0.1) is 11.3 Å². The van der Waals surface area contributed by atoms with Crippen molar-refractivity contribution >= 4 is 43.4 Å². The molecular weight excluding hydrogens is 312 g/mol. The monoisotopic (exact) mass is 324 g/mol. The predicted molar refractivity (Wildman–Crippen MR) is 94.5 cm³/mol. The van der Waals surface area contributed by atoms with E-state index in [-0.39, 0.29) is 5.56 Å². The van der Waals surface area contributed by atoms with Crippen LogP contribution in [0.3, 0.4) is 0 Å². The molecule has 0 unspecified atom stereocenters. The van der Waals surface area contributed by atoms with Crippen LogP contribution in [-0.4, -0.2) is 15.8 Å². The van der Waals surface area contributed by atoms with Crippen LogP contribution >= 0.6 is 23.1 Å². The van der Waals surface area contributed by atoms with Gasteiger partial charge in [-0.2, -0.15) is 0 Å². The van der Waals surface area contributed by atoms with E-state index in [0.29, 0.717) is 9.86 Å². The Kier molecular flexibility index (Phi) is 3.24. The molecule has 2 heterocycles. The fourth-order valence-corrected chi connectivity index (χ4v) is 4.19. The standard InChI is InChI=1S/C17H12N2OS2/c1-21-17-18-14-12-9-5-6-10-13(12)22-15(14)16(20)19(17)11-7-3-2-4-8-11/h2-10H,1H3. The smallest absolute Gasteiger partial charge is 0.267 e. The summed E-state index contributed by atoms with van der Waals surface area (Å²) >= 11 is 3.00. The van der Waals surface area contributed by atoms with Gasteiger partial charge in [-0.1, -0.05) is 48.2 Å². The van der Waals surface area contributed by atoms with E-state index in [1.165, 1.54) is 23.1 Å². The molecule has 0 atom stereocenters. The van der Waals surface area contributed by atoms with Gasteiger partial charge in [0.2, 0.25) is 0 Å². The quantitative estimate of drug-likeness (QED) is 0.407. The first-order valence-electron chi connectivity index (χ1n) is 6.83. The third-order valence-corrected chi connectivity index (χ3v) is 5.35. The third-order valence-electron chi connectivity index (χ3n) is 3.56. The van der Waals surface area contributed by atoms with Crippen LogP contribution in [0.2, 0.25) is 0 Å². The Balaban J connectivity index is 2.16. The van der Waals surface area contributed by atoms with Gasteiger partial charge in [-0.3, -0.25) is 9.36 Å². The molecule has 2 aromatic heterocycles. The molecule has 4 rings (SSSR count). The van der Waals surface area contributed by atoms with Crippen molar-refractivity contribution in [2.24, 2.45) is 0 Å². The van der Waals surface area contributed by atoms with E-state index >= 15 is 0 Å². The maximum atomic E-state index is 13.0. The number of thiophene rings is 1. The molecule has 3 nitrogen and oxygen atoms in total. The summed E-state index contributed by atoms with van der Waals surface area (Å²) in [5.41, 5.74) is 1.66. The van der Waals surface area contributed by atoms with Crippen molar-refractivity contribution < 1.29 is 0 Å². The lowest BCUT2D eigenvalue weighted by molar-refractivity contribution is 0.825. The molecule has 0 fully saturated rings. The van der Waals surface area contributed by atoms with E-state index in [0.717, 1.165) is 21.3 Å². The van der Waals surface area contributed by atoms with Gasteiger partial charge < -0.3 is 0 Å². The van der Waals surface area contributed by atoms with Crippen LogP contribution in [0.4, 0.5) is 0 Å².